The summed E-state index contributed by atoms with van der Waals surface area (Å²) < 4.78 is 12.1. The second-order valence-corrected chi connectivity index (χ2v) is 9.32. The number of carbonyl (C=O) groups excluding carboxylic acids is 1. The van der Waals surface area contributed by atoms with Gasteiger partial charge < -0.3 is 9.47 Å². The third-order valence-corrected chi connectivity index (χ3v) is 6.78. The SMILES string of the molecule is Cc1ccccc1/C=C1\Oc2c(cc3c(c2C)OCN(CCc2ccc(Cl)cc2Cl)C3)C1=O. The normalized spacial score (nSPS) is 16.4. The number of halogens is 2. The molecule has 0 N–H and O–H groups in total. The van der Waals surface area contributed by atoms with E-state index in [0.29, 0.717) is 40.4 Å². The predicted molar refractivity (Wildman–Crippen MR) is 131 cm³/mol. The first-order valence-electron chi connectivity index (χ1n) is 10.9. The van der Waals surface area contributed by atoms with Crippen molar-refractivity contribution in [1.29, 1.82) is 0 Å². The van der Waals surface area contributed by atoms with Crippen LogP contribution in [0.5, 0.6) is 11.5 Å². The van der Waals surface area contributed by atoms with Gasteiger partial charge in [-0.25, -0.2) is 0 Å². The van der Waals surface area contributed by atoms with Crippen LogP contribution < -0.4 is 9.47 Å². The maximum Gasteiger partial charge on any atom is 0.231 e. The Balaban J connectivity index is 1.36. The molecule has 168 valence electrons. The number of fused-ring (bicyclic) bond motifs is 2. The Morgan fingerprint density at radius 3 is 2.67 bits per heavy atom. The molecule has 0 atom stereocenters. The lowest BCUT2D eigenvalue weighted by Crippen LogP contribution is -2.34. The van der Waals surface area contributed by atoms with Crippen molar-refractivity contribution < 1.29 is 14.3 Å². The van der Waals surface area contributed by atoms with Gasteiger partial charge in [-0.1, -0.05) is 53.5 Å². The molecule has 0 aromatic heterocycles. The van der Waals surface area contributed by atoms with Crippen molar-refractivity contribution in [3.05, 3.63) is 97.7 Å². The lowest BCUT2D eigenvalue weighted by atomic mass is 9.99. The monoisotopic (exact) mass is 479 g/mol. The Morgan fingerprint density at radius 2 is 1.88 bits per heavy atom. The first-order chi connectivity index (χ1) is 15.9. The molecule has 5 rings (SSSR count). The van der Waals surface area contributed by atoms with Gasteiger partial charge in [-0.2, -0.15) is 0 Å². The van der Waals surface area contributed by atoms with E-state index in [1.54, 1.807) is 6.07 Å². The summed E-state index contributed by atoms with van der Waals surface area (Å²) in [6, 6.07) is 15.4. The molecule has 4 nitrogen and oxygen atoms in total. The average Bonchev–Trinajstić information content (AvgIpc) is 3.10. The number of aryl methyl sites for hydroxylation is 1. The highest BCUT2D eigenvalue weighted by Crippen LogP contribution is 2.43. The van der Waals surface area contributed by atoms with Crippen molar-refractivity contribution in [3.8, 4) is 11.5 Å². The van der Waals surface area contributed by atoms with Gasteiger partial charge >= 0.3 is 0 Å². The minimum atomic E-state index is -0.0933. The van der Waals surface area contributed by atoms with E-state index in [1.165, 1.54) is 0 Å². The van der Waals surface area contributed by atoms with Gasteiger partial charge in [0.15, 0.2) is 5.76 Å². The molecule has 3 aromatic rings. The Kier molecular flexibility index (Phi) is 5.92. The third kappa shape index (κ3) is 4.26. The van der Waals surface area contributed by atoms with E-state index >= 15 is 0 Å². The maximum atomic E-state index is 13.1. The molecule has 33 heavy (non-hydrogen) atoms. The molecular weight excluding hydrogens is 457 g/mol. The molecule has 2 aliphatic rings. The summed E-state index contributed by atoms with van der Waals surface area (Å²) in [5.41, 5.74) is 5.56. The van der Waals surface area contributed by atoms with E-state index in [2.05, 4.69) is 4.90 Å². The van der Waals surface area contributed by atoms with Crippen LogP contribution in [0.3, 0.4) is 0 Å². The summed E-state index contributed by atoms with van der Waals surface area (Å²) in [6.45, 7) is 5.91. The van der Waals surface area contributed by atoms with E-state index in [1.807, 2.05) is 62.4 Å². The van der Waals surface area contributed by atoms with Crippen LogP contribution in [-0.2, 0) is 13.0 Å². The fraction of sp³-hybridized carbons (Fsp3) is 0.222. The smallest absolute Gasteiger partial charge is 0.231 e. The van der Waals surface area contributed by atoms with Crippen molar-refractivity contribution in [2.75, 3.05) is 13.3 Å². The maximum absolute atomic E-state index is 13.1. The van der Waals surface area contributed by atoms with Crippen LogP contribution in [0, 0.1) is 13.8 Å². The van der Waals surface area contributed by atoms with Gasteiger partial charge in [-0.3, -0.25) is 9.69 Å². The number of hydrogen-bond acceptors (Lipinski definition) is 4. The second-order valence-electron chi connectivity index (χ2n) is 8.47. The van der Waals surface area contributed by atoms with Crippen molar-refractivity contribution >= 4 is 35.1 Å². The van der Waals surface area contributed by atoms with E-state index in [9.17, 15) is 4.79 Å². The van der Waals surface area contributed by atoms with Gasteiger partial charge in [0.05, 0.1) is 5.56 Å². The topological polar surface area (TPSA) is 38.8 Å². The van der Waals surface area contributed by atoms with Crippen LogP contribution in [0.4, 0.5) is 0 Å². The summed E-state index contributed by atoms with van der Waals surface area (Å²) in [6.07, 6.45) is 2.60. The highest BCUT2D eigenvalue weighted by Gasteiger charge is 2.33. The molecule has 2 aliphatic heterocycles. The summed E-state index contributed by atoms with van der Waals surface area (Å²) >= 11 is 12.3. The number of ether oxygens (including phenoxy) is 2. The number of Topliss-reactive ketones (excluding diaryl/α,β-unsaturated/α-hetero) is 1. The van der Waals surface area contributed by atoms with Gasteiger partial charge in [-0.15, -0.1) is 0 Å². The summed E-state index contributed by atoms with van der Waals surface area (Å²) in [5, 5.41) is 1.30. The first kappa shape index (κ1) is 22.0. The number of ketones is 1. The quantitative estimate of drug-likeness (QED) is 0.394. The van der Waals surface area contributed by atoms with Crippen molar-refractivity contribution in [3.63, 3.8) is 0 Å². The Hall–Kier alpha value is -2.79. The van der Waals surface area contributed by atoms with Crippen molar-refractivity contribution in [1.82, 2.24) is 4.90 Å². The first-order valence-corrected chi connectivity index (χ1v) is 11.6. The van der Waals surface area contributed by atoms with Crippen LogP contribution >= 0.6 is 23.2 Å². The number of nitrogens with zero attached hydrogens (tertiary/aromatic N) is 1. The highest BCUT2D eigenvalue weighted by atomic mass is 35.5. The summed E-state index contributed by atoms with van der Waals surface area (Å²) in [4.78, 5) is 15.3. The summed E-state index contributed by atoms with van der Waals surface area (Å²) in [7, 11) is 0. The van der Waals surface area contributed by atoms with E-state index in [-0.39, 0.29) is 5.78 Å². The van der Waals surface area contributed by atoms with Crippen LogP contribution in [0.15, 0.2) is 54.3 Å². The fourth-order valence-corrected chi connectivity index (χ4v) is 4.84. The molecule has 2 heterocycles. The van der Waals surface area contributed by atoms with E-state index < -0.39 is 0 Å². The van der Waals surface area contributed by atoms with Gasteiger partial charge in [0.2, 0.25) is 5.78 Å². The van der Waals surface area contributed by atoms with Crippen LogP contribution in [-0.4, -0.2) is 24.0 Å². The number of carbonyl (C=O) groups is 1. The Morgan fingerprint density at radius 1 is 1.06 bits per heavy atom. The summed E-state index contributed by atoms with van der Waals surface area (Å²) in [5.74, 6) is 1.66. The highest BCUT2D eigenvalue weighted by molar-refractivity contribution is 6.35. The fourth-order valence-electron chi connectivity index (χ4n) is 4.33. The minimum Gasteiger partial charge on any atom is -0.477 e. The predicted octanol–water partition coefficient (Wildman–Crippen LogP) is 6.62. The average molecular weight is 480 g/mol. The molecule has 0 amide bonds. The number of hydrogen-bond donors (Lipinski definition) is 0. The zero-order chi connectivity index (χ0) is 23.1. The molecule has 0 fully saturated rings. The van der Waals surface area contributed by atoms with E-state index in [4.69, 9.17) is 32.7 Å². The Bertz CT molecular complexity index is 1300. The molecule has 0 unspecified atom stereocenters. The Labute approximate surface area is 203 Å². The molecule has 6 heteroatoms. The zero-order valence-corrected chi connectivity index (χ0v) is 20.0. The zero-order valence-electron chi connectivity index (χ0n) is 18.5. The molecule has 0 spiro atoms. The lowest BCUT2D eigenvalue weighted by Gasteiger charge is -2.30. The second kappa shape index (κ2) is 8.86. The molecule has 0 radical (unpaired) electrons. The minimum absolute atomic E-state index is 0.0933. The van der Waals surface area contributed by atoms with E-state index in [0.717, 1.165) is 46.5 Å². The van der Waals surface area contributed by atoms with Crippen LogP contribution in [0.1, 0.15) is 38.2 Å². The third-order valence-electron chi connectivity index (χ3n) is 6.19. The molecular formula is C27H23Cl2NO3. The number of rotatable bonds is 4. The number of benzene rings is 3. The van der Waals surface area contributed by atoms with Crippen molar-refractivity contribution in [2.45, 2.75) is 26.8 Å². The molecule has 3 aromatic carbocycles. The van der Waals surface area contributed by atoms with Gasteiger partial charge in [-0.05, 0) is 61.2 Å². The molecule has 0 bridgehead atoms. The van der Waals surface area contributed by atoms with Gasteiger partial charge in [0.25, 0.3) is 0 Å². The van der Waals surface area contributed by atoms with Crippen molar-refractivity contribution in [2.24, 2.45) is 0 Å². The number of allylic oxidation sites excluding steroid dienone is 1. The molecule has 0 saturated heterocycles. The van der Waals surface area contributed by atoms with Gasteiger partial charge in [0.1, 0.15) is 18.2 Å². The largest absolute Gasteiger partial charge is 0.477 e. The molecule has 0 saturated carbocycles. The van der Waals surface area contributed by atoms with Gasteiger partial charge in [0, 0.05) is 34.3 Å². The van der Waals surface area contributed by atoms with Crippen LogP contribution in [0.25, 0.3) is 6.08 Å². The van der Waals surface area contributed by atoms with Crippen LogP contribution in [0.2, 0.25) is 10.0 Å². The lowest BCUT2D eigenvalue weighted by molar-refractivity contribution is 0.0954. The molecule has 0 aliphatic carbocycles. The standard InChI is InChI=1S/C27H23Cl2NO3/c1-16-5-3-4-6-19(16)12-24-25(31)22-11-20-14-30(15-32-26(20)17(2)27(22)33-24)10-9-18-7-8-21(28)13-23(18)29/h3-8,11-13H,9-10,14-15H2,1-2H3/b24-12-.